The number of hydrogen-bond acceptors (Lipinski definition) is 8. The second kappa shape index (κ2) is 6.73. The van der Waals surface area contributed by atoms with Crippen molar-refractivity contribution < 1.29 is 29.0 Å². The highest BCUT2D eigenvalue weighted by atomic mass is 32.2. The Kier molecular flexibility index (Phi) is 5.26. The molecule has 2 heterocycles. The van der Waals surface area contributed by atoms with Gasteiger partial charge in [0.15, 0.2) is 6.23 Å². The van der Waals surface area contributed by atoms with Gasteiger partial charge < -0.3 is 14.6 Å². The Morgan fingerprint density at radius 1 is 1.46 bits per heavy atom. The van der Waals surface area contributed by atoms with Gasteiger partial charge in [0, 0.05) is 18.2 Å². The Labute approximate surface area is 144 Å². The van der Waals surface area contributed by atoms with Crippen molar-refractivity contribution in [3.05, 3.63) is 11.3 Å². The summed E-state index contributed by atoms with van der Waals surface area (Å²) in [5.74, 6) is -1.92. The Bertz CT molecular complexity index is 597. The summed E-state index contributed by atoms with van der Waals surface area (Å²) in [6.45, 7) is 6.05. The Morgan fingerprint density at radius 3 is 2.58 bits per heavy atom. The first-order valence-electron chi connectivity index (χ1n) is 7.51. The summed E-state index contributed by atoms with van der Waals surface area (Å²) in [7, 11) is 0. The summed E-state index contributed by atoms with van der Waals surface area (Å²) < 4.78 is 10.3. The number of hydrogen-bond donors (Lipinski definition) is 2. The molecule has 1 saturated heterocycles. The highest BCUT2D eigenvalue weighted by molar-refractivity contribution is 8.00. The molecular formula is C15H22N2O6S. The number of fused-ring (bicyclic) bond motifs is 1. The first-order valence-corrected chi connectivity index (χ1v) is 8.56. The standard InChI is InChI=1S/C15H22N2O6S/c1-7(19)22-11(16)9-6-24-13-8(5-18)12(20)17(13)10(9)14(21)23-15(2,3)4/h8,11,13,18H,5-6,16H2,1-4H3/t8-,11?,13-/m1/s1. The van der Waals surface area contributed by atoms with Crippen molar-refractivity contribution >= 4 is 29.6 Å². The van der Waals surface area contributed by atoms with Gasteiger partial charge in [-0.2, -0.15) is 0 Å². The summed E-state index contributed by atoms with van der Waals surface area (Å²) in [5.41, 5.74) is 5.45. The van der Waals surface area contributed by atoms with Crippen LogP contribution in [-0.2, 0) is 23.9 Å². The summed E-state index contributed by atoms with van der Waals surface area (Å²) in [6.07, 6.45) is -1.14. The molecule has 1 amide bonds. The molecular weight excluding hydrogens is 336 g/mol. The topological polar surface area (TPSA) is 119 Å². The predicted octanol–water partition coefficient (Wildman–Crippen LogP) is -0.0463. The third kappa shape index (κ3) is 3.57. The highest BCUT2D eigenvalue weighted by Crippen LogP contribution is 2.44. The third-order valence-corrected chi connectivity index (χ3v) is 4.89. The molecule has 0 saturated carbocycles. The maximum absolute atomic E-state index is 12.6. The maximum Gasteiger partial charge on any atom is 0.355 e. The quantitative estimate of drug-likeness (QED) is 0.408. The van der Waals surface area contributed by atoms with Crippen LogP contribution in [0.25, 0.3) is 0 Å². The second-order valence-electron chi connectivity index (χ2n) is 6.60. The molecule has 0 radical (unpaired) electrons. The molecule has 2 aliphatic rings. The lowest BCUT2D eigenvalue weighted by Crippen LogP contribution is -2.63. The number of aliphatic hydroxyl groups excluding tert-OH is 1. The van der Waals surface area contributed by atoms with Crippen LogP contribution in [-0.4, -0.2) is 57.4 Å². The predicted molar refractivity (Wildman–Crippen MR) is 86.3 cm³/mol. The molecule has 3 N–H and O–H groups in total. The summed E-state index contributed by atoms with van der Waals surface area (Å²) >= 11 is 1.36. The molecule has 9 heteroatoms. The molecule has 2 rings (SSSR count). The lowest BCUT2D eigenvalue weighted by Gasteiger charge is -2.49. The number of nitrogens with zero attached hydrogens (tertiary/aromatic N) is 1. The molecule has 3 atom stereocenters. The minimum atomic E-state index is -1.14. The lowest BCUT2D eigenvalue weighted by molar-refractivity contribution is -0.162. The van der Waals surface area contributed by atoms with Gasteiger partial charge in [-0.25, -0.2) is 4.79 Å². The van der Waals surface area contributed by atoms with Gasteiger partial charge in [0.05, 0.1) is 17.9 Å². The number of carbonyl (C=O) groups is 3. The van der Waals surface area contributed by atoms with Gasteiger partial charge in [-0.1, -0.05) is 0 Å². The van der Waals surface area contributed by atoms with Gasteiger partial charge in [-0.3, -0.25) is 20.2 Å². The average Bonchev–Trinajstić information content (AvgIpc) is 2.43. The van der Waals surface area contributed by atoms with E-state index in [0.717, 1.165) is 0 Å². The largest absolute Gasteiger partial charge is 0.455 e. The highest BCUT2D eigenvalue weighted by Gasteiger charge is 2.54. The minimum Gasteiger partial charge on any atom is -0.455 e. The van der Waals surface area contributed by atoms with Crippen molar-refractivity contribution in [2.24, 2.45) is 11.7 Å². The maximum atomic E-state index is 12.6. The second-order valence-corrected chi connectivity index (χ2v) is 7.71. The van der Waals surface area contributed by atoms with E-state index in [4.69, 9.17) is 15.2 Å². The zero-order valence-electron chi connectivity index (χ0n) is 14.1. The van der Waals surface area contributed by atoms with E-state index in [1.165, 1.54) is 23.6 Å². The van der Waals surface area contributed by atoms with Crippen LogP contribution < -0.4 is 5.73 Å². The van der Waals surface area contributed by atoms with E-state index >= 15 is 0 Å². The van der Waals surface area contributed by atoms with Crippen LogP contribution in [0.15, 0.2) is 11.3 Å². The van der Waals surface area contributed by atoms with Crippen molar-refractivity contribution in [1.82, 2.24) is 4.90 Å². The first-order chi connectivity index (χ1) is 11.1. The third-order valence-electron chi connectivity index (χ3n) is 3.53. The summed E-state index contributed by atoms with van der Waals surface area (Å²) in [5, 5.41) is 8.96. The number of β-lactam (4-membered cyclic amide) rings is 1. The fourth-order valence-corrected chi connectivity index (χ4v) is 3.99. The molecule has 1 unspecified atom stereocenters. The van der Waals surface area contributed by atoms with E-state index in [2.05, 4.69) is 0 Å². The number of carbonyl (C=O) groups excluding carboxylic acids is 3. The lowest BCUT2D eigenvalue weighted by atomic mass is 9.96. The van der Waals surface area contributed by atoms with E-state index in [-0.39, 0.29) is 23.6 Å². The van der Waals surface area contributed by atoms with Crippen LogP contribution in [0.1, 0.15) is 27.7 Å². The monoisotopic (exact) mass is 358 g/mol. The molecule has 0 aromatic heterocycles. The van der Waals surface area contributed by atoms with Gasteiger partial charge in [0.1, 0.15) is 11.3 Å². The number of nitrogens with two attached hydrogens (primary N) is 1. The number of thioether (sulfide) groups is 1. The zero-order chi connectivity index (χ0) is 18.2. The van der Waals surface area contributed by atoms with E-state index in [1.54, 1.807) is 20.8 Å². The SMILES string of the molecule is CC(=O)OC(N)C1=C(C(=O)OC(C)(C)C)N2C(=O)[C@@H](CO)[C@H]2SC1. The number of amides is 1. The molecule has 2 aliphatic heterocycles. The van der Waals surface area contributed by atoms with Crippen LogP contribution in [0.3, 0.4) is 0 Å². The molecule has 0 aromatic rings. The van der Waals surface area contributed by atoms with Gasteiger partial charge >= 0.3 is 11.9 Å². The van der Waals surface area contributed by atoms with Gasteiger partial charge in [-0.05, 0) is 20.8 Å². The van der Waals surface area contributed by atoms with Gasteiger partial charge in [0.25, 0.3) is 0 Å². The Hall–Kier alpha value is -1.58. The molecule has 0 aliphatic carbocycles. The van der Waals surface area contributed by atoms with E-state index in [1.807, 2.05) is 0 Å². The van der Waals surface area contributed by atoms with Crippen LogP contribution >= 0.6 is 11.8 Å². The smallest absolute Gasteiger partial charge is 0.355 e. The normalized spacial score (nSPS) is 24.9. The van der Waals surface area contributed by atoms with E-state index in [9.17, 15) is 19.5 Å². The molecule has 0 spiro atoms. The number of ether oxygens (including phenoxy) is 2. The molecule has 1 fully saturated rings. The zero-order valence-corrected chi connectivity index (χ0v) is 14.9. The van der Waals surface area contributed by atoms with Crippen LogP contribution in [0.4, 0.5) is 0 Å². The van der Waals surface area contributed by atoms with Crippen molar-refractivity contribution in [3.63, 3.8) is 0 Å². The average molecular weight is 358 g/mol. The molecule has 8 nitrogen and oxygen atoms in total. The fraction of sp³-hybridized carbons (Fsp3) is 0.667. The van der Waals surface area contributed by atoms with Crippen molar-refractivity contribution in [2.75, 3.05) is 12.4 Å². The van der Waals surface area contributed by atoms with Gasteiger partial charge in [0.2, 0.25) is 5.91 Å². The van der Waals surface area contributed by atoms with Crippen molar-refractivity contribution in [1.29, 1.82) is 0 Å². The number of rotatable bonds is 4. The molecule has 134 valence electrons. The molecule has 24 heavy (non-hydrogen) atoms. The Morgan fingerprint density at radius 2 is 2.08 bits per heavy atom. The minimum absolute atomic E-state index is 0.0112. The van der Waals surface area contributed by atoms with E-state index in [0.29, 0.717) is 11.3 Å². The van der Waals surface area contributed by atoms with Crippen molar-refractivity contribution in [2.45, 2.75) is 44.9 Å². The number of esters is 2. The Balaban J connectivity index is 2.39. The molecule has 0 bridgehead atoms. The first kappa shape index (κ1) is 18.8. The van der Waals surface area contributed by atoms with Crippen LogP contribution in [0.2, 0.25) is 0 Å². The molecule has 0 aromatic carbocycles. The van der Waals surface area contributed by atoms with E-state index < -0.39 is 29.7 Å². The van der Waals surface area contributed by atoms with Crippen LogP contribution in [0.5, 0.6) is 0 Å². The summed E-state index contributed by atoms with van der Waals surface area (Å²) in [4.78, 5) is 37.3. The fourth-order valence-electron chi connectivity index (χ4n) is 2.54. The number of aliphatic hydroxyl groups is 1. The van der Waals surface area contributed by atoms with Crippen LogP contribution in [0, 0.1) is 5.92 Å². The van der Waals surface area contributed by atoms with Crippen molar-refractivity contribution in [3.8, 4) is 0 Å². The summed E-state index contributed by atoms with van der Waals surface area (Å²) in [6, 6.07) is 0. The van der Waals surface area contributed by atoms with Gasteiger partial charge in [-0.15, -0.1) is 11.8 Å².